The molecule has 0 saturated heterocycles. The van der Waals surface area contributed by atoms with Crippen LogP contribution in [-0.4, -0.2) is 32.8 Å². The van der Waals surface area contributed by atoms with Crippen LogP contribution >= 0.6 is 0 Å². The summed E-state index contributed by atoms with van der Waals surface area (Å²) >= 11 is 0. The fourth-order valence-corrected chi connectivity index (χ4v) is 3.66. The molecular weight excluding hydrogens is 310 g/mol. The summed E-state index contributed by atoms with van der Waals surface area (Å²) in [6.45, 7) is 2.89. The monoisotopic (exact) mass is 331 g/mol. The van der Waals surface area contributed by atoms with E-state index >= 15 is 0 Å². The number of H-pyrrole nitrogens is 1. The van der Waals surface area contributed by atoms with Gasteiger partial charge in [-0.3, -0.25) is 9.58 Å². The standard InChI is InChI=1S/C20H21N5/c1-24-19-8-10-25(14-15-11-17(12-21)22-13-15)9-7-18(19)20(23-24)16-5-3-2-4-6-16/h2-6,11,13,22H,7-10,14H2,1H3. The average molecular weight is 331 g/mol. The summed E-state index contributed by atoms with van der Waals surface area (Å²) in [4.78, 5) is 5.47. The lowest BCUT2D eigenvalue weighted by molar-refractivity contribution is 0.278. The van der Waals surface area contributed by atoms with Crippen LogP contribution in [0.1, 0.15) is 22.5 Å². The number of nitriles is 1. The van der Waals surface area contributed by atoms with E-state index in [2.05, 4.69) is 40.2 Å². The zero-order valence-corrected chi connectivity index (χ0v) is 14.4. The van der Waals surface area contributed by atoms with Crippen LogP contribution in [0.2, 0.25) is 0 Å². The van der Waals surface area contributed by atoms with Crippen molar-refractivity contribution in [2.75, 3.05) is 13.1 Å². The number of aromatic amines is 1. The number of aromatic nitrogens is 3. The van der Waals surface area contributed by atoms with Gasteiger partial charge < -0.3 is 4.98 Å². The Bertz CT molecular complexity index is 913. The van der Waals surface area contributed by atoms with Crippen molar-refractivity contribution in [2.45, 2.75) is 19.4 Å². The van der Waals surface area contributed by atoms with Crippen LogP contribution in [0, 0.1) is 11.3 Å². The summed E-state index contributed by atoms with van der Waals surface area (Å²) in [5, 5.41) is 13.7. The van der Waals surface area contributed by atoms with Gasteiger partial charge in [-0.05, 0) is 18.1 Å². The van der Waals surface area contributed by atoms with Gasteiger partial charge in [-0.25, -0.2) is 0 Å². The van der Waals surface area contributed by atoms with Gasteiger partial charge in [0, 0.05) is 56.1 Å². The molecule has 0 atom stereocenters. The van der Waals surface area contributed by atoms with Crippen molar-refractivity contribution in [3.8, 4) is 17.3 Å². The molecule has 1 aliphatic heterocycles. The summed E-state index contributed by atoms with van der Waals surface area (Å²) in [7, 11) is 2.05. The molecule has 0 fully saturated rings. The van der Waals surface area contributed by atoms with E-state index in [1.165, 1.54) is 22.4 Å². The van der Waals surface area contributed by atoms with Gasteiger partial charge in [0.2, 0.25) is 0 Å². The molecule has 2 aromatic heterocycles. The first kappa shape index (κ1) is 15.7. The zero-order valence-electron chi connectivity index (χ0n) is 14.4. The first-order valence-electron chi connectivity index (χ1n) is 8.64. The molecule has 25 heavy (non-hydrogen) atoms. The van der Waals surface area contributed by atoms with Crippen molar-refractivity contribution < 1.29 is 0 Å². The maximum atomic E-state index is 8.96. The highest BCUT2D eigenvalue weighted by atomic mass is 15.3. The van der Waals surface area contributed by atoms with Crippen molar-refractivity contribution in [3.05, 3.63) is 65.1 Å². The predicted octanol–water partition coefficient (Wildman–Crippen LogP) is 2.89. The molecule has 1 aliphatic rings. The maximum Gasteiger partial charge on any atom is 0.117 e. The minimum absolute atomic E-state index is 0.628. The molecule has 5 nitrogen and oxygen atoms in total. The van der Waals surface area contributed by atoms with E-state index in [1.807, 2.05) is 30.1 Å². The Kier molecular flexibility index (Phi) is 4.12. The molecule has 1 aromatic carbocycles. The largest absolute Gasteiger partial charge is 0.353 e. The lowest BCUT2D eigenvalue weighted by Crippen LogP contribution is -2.26. The third kappa shape index (κ3) is 3.09. The third-order valence-electron chi connectivity index (χ3n) is 4.93. The second-order valence-electron chi connectivity index (χ2n) is 6.57. The quantitative estimate of drug-likeness (QED) is 0.803. The molecule has 0 bridgehead atoms. The van der Waals surface area contributed by atoms with E-state index < -0.39 is 0 Å². The second kappa shape index (κ2) is 6.58. The van der Waals surface area contributed by atoms with Crippen LogP contribution in [-0.2, 0) is 26.4 Å². The molecule has 0 radical (unpaired) electrons. The number of rotatable bonds is 3. The molecule has 0 spiro atoms. The number of nitrogens with zero attached hydrogens (tertiary/aromatic N) is 4. The van der Waals surface area contributed by atoms with Gasteiger partial charge >= 0.3 is 0 Å². The highest BCUT2D eigenvalue weighted by Gasteiger charge is 2.22. The van der Waals surface area contributed by atoms with Crippen molar-refractivity contribution in [3.63, 3.8) is 0 Å². The second-order valence-corrected chi connectivity index (χ2v) is 6.57. The Labute approximate surface area is 147 Å². The summed E-state index contributed by atoms with van der Waals surface area (Å²) in [5.41, 5.74) is 6.83. The van der Waals surface area contributed by atoms with Gasteiger partial charge in [0.1, 0.15) is 11.8 Å². The Balaban J connectivity index is 1.55. The van der Waals surface area contributed by atoms with E-state index in [0.29, 0.717) is 5.69 Å². The number of aryl methyl sites for hydroxylation is 1. The predicted molar refractivity (Wildman–Crippen MR) is 96.8 cm³/mol. The lowest BCUT2D eigenvalue weighted by atomic mass is 10.0. The van der Waals surface area contributed by atoms with Gasteiger partial charge in [0.25, 0.3) is 0 Å². The average Bonchev–Trinajstić information content (AvgIpc) is 3.15. The van der Waals surface area contributed by atoms with Crippen LogP contribution < -0.4 is 0 Å². The number of hydrogen-bond acceptors (Lipinski definition) is 3. The number of nitrogens with one attached hydrogen (secondary N) is 1. The molecule has 1 N–H and O–H groups in total. The van der Waals surface area contributed by atoms with Crippen molar-refractivity contribution in [2.24, 2.45) is 7.05 Å². The molecule has 5 heteroatoms. The summed E-state index contributed by atoms with van der Waals surface area (Å²) in [6.07, 6.45) is 3.94. The van der Waals surface area contributed by atoms with Crippen LogP contribution in [0.4, 0.5) is 0 Å². The fraction of sp³-hybridized carbons (Fsp3) is 0.300. The van der Waals surface area contributed by atoms with E-state index in [0.717, 1.165) is 38.2 Å². The molecule has 3 aromatic rings. The topological polar surface area (TPSA) is 60.6 Å². The lowest BCUT2D eigenvalue weighted by Gasteiger charge is -2.19. The van der Waals surface area contributed by atoms with Gasteiger partial charge in [0.15, 0.2) is 0 Å². The molecule has 4 rings (SSSR count). The first-order chi connectivity index (χ1) is 12.2. The molecule has 3 heterocycles. The zero-order chi connectivity index (χ0) is 17.2. The van der Waals surface area contributed by atoms with Crippen LogP contribution in [0.25, 0.3) is 11.3 Å². The Morgan fingerprint density at radius 3 is 2.76 bits per heavy atom. The third-order valence-corrected chi connectivity index (χ3v) is 4.93. The van der Waals surface area contributed by atoms with Crippen molar-refractivity contribution in [1.82, 2.24) is 19.7 Å². The van der Waals surface area contributed by atoms with Crippen molar-refractivity contribution >= 4 is 0 Å². The van der Waals surface area contributed by atoms with Crippen LogP contribution in [0.5, 0.6) is 0 Å². The number of hydrogen-bond donors (Lipinski definition) is 1. The first-order valence-corrected chi connectivity index (χ1v) is 8.64. The summed E-state index contributed by atoms with van der Waals surface area (Å²) in [6, 6.07) is 14.5. The summed E-state index contributed by atoms with van der Waals surface area (Å²) in [5.74, 6) is 0. The Morgan fingerprint density at radius 1 is 1.20 bits per heavy atom. The number of fused-ring (bicyclic) bond motifs is 1. The van der Waals surface area contributed by atoms with E-state index in [4.69, 9.17) is 10.4 Å². The van der Waals surface area contributed by atoms with Gasteiger partial charge in [-0.15, -0.1) is 0 Å². The molecule has 0 unspecified atom stereocenters. The molecule has 126 valence electrons. The Hall–Kier alpha value is -2.84. The van der Waals surface area contributed by atoms with Crippen LogP contribution in [0.3, 0.4) is 0 Å². The molecule has 0 aliphatic carbocycles. The van der Waals surface area contributed by atoms with Crippen molar-refractivity contribution in [1.29, 1.82) is 5.26 Å². The van der Waals surface area contributed by atoms with E-state index in [1.54, 1.807) is 0 Å². The van der Waals surface area contributed by atoms with Gasteiger partial charge in [-0.1, -0.05) is 30.3 Å². The number of benzene rings is 1. The molecule has 0 amide bonds. The molecule has 0 saturated carbocycles. The van der Waals surface area contributed by atoms with Gasteiger partial charge in [-0.2, -0.15) is 10.4 Å². The van der Waals surface area contributed by atoms with Gasteiger partial charge in [0.05, 0.1) is 5.69 Å². The highest BCUT2D eigenvalue weighted by Crippen LogP contribution is 2.28. The fourth-order valence-electron chi connectivity index (χ4n) is 3.66. The normalized spacial score (nSPS) is 14.7. The van der Waals surface area contributed by atoms with Crippen LogP contribution in [0.15, 0.2) is 42.6 Å². The minimum Gasteiger partial charge on any atom is -0.353 e. The maximum absolute atomic E-state index is 8.96. The summed E-state index contributed by atoms with van der Waals surface area (Å²) < 4.78 is 2.05. The SMILES string of the molecule is Cn1nc(-c2ccccc2)c2c1CCN(Cc1c[nH]c(C#N)c1)CC2. The smallest absolute Gasteiger partial charge is 0.117 e. The Morgan fingerprint density at radius 2 is 2.00 bits per heavy atom. The minimum atomic E-state index is 0.628. The molecular formula is C20H21N5. The van der Waals surface area contributed by atoms with E-state index in [-0.39, 0.29) is 0 Å². The van der Waals surface area contributed by atoms with E-state index in [9.17, 15) is 0 Å². The highest BCUT2D eigenvalue weighted by molar-refractivity contribution is 5.64.